The Morgan fingerprint density at radius 3 is 2.76 bits per heavy atom. The molecule has 0 radical (unpaired) electrons. The van der Waals surface area contributed by atoms with Gasteiger partial charge in [0.2, 0.25) is 0 Å². The highest BCUT2D eigenvalue weighted by Gasteiger charge is 2.12. The zero-order chi connectivity index (χ0) is 12.8. The topological polar surface area (TPSA) is 84.6 Å². The Morgan fingerprint density at radius 1 is 1.59 bits per heavy atom. The fraction of sp³-hybridized carbons (Fsp3) is 0.455. The quantitative estimate of drug-likeness (QED) is 0.578. The third-order valence-electron chi connectivity index (χ3n) is 2.35. The van der Waals surface area contributed by atoms with E-state index in [2.05, 4.69) is 5.32 Å². The van der Waals surface area contributed by atoms with Gasteiger partial charge in [0.25, 0.3) is 5.69 Å². The Labute approximate surface area is 99.4 Å². The van der Waals surface area contributed by atoms with E-state index in [9.17, 15) is 10.1 Å². The molecule has 0 bridgehead atoms. The van der Waals surface area contributed by atoms with Crippen molar-refractivity contribution in [3.05, 3.63) is 33.9 Å². The van der Waals surface area contributed by atoms with Crippen molar-refractivity contribution < 1.29 is 14.8 Å². The van der Waals surface area contributed by atoms with Crippen LogP contribution in [0.1, 0.15) is 5.56 Å². The molecule has 6 heteroatoms. The molecular formula is C11H16N2O4. The van der Waals surface area contributed by atoms with Crippen LogP contribution in [0.3, 0.4) is 0 Å². The Hall–Kier alpha value is -1.66. The van der Waals surface area contributed by atoms with Gasteiger partial charge in [0.1, 0.15) is 0 Å². The number of benzene rings is 1. The third-order valence-corrected chi connectivity index (χ3v) is 2.35. The van der Waals surface area contributed by atoms with Gasteiger partial charge in [-0.25, -0.2) is 0 Å². The predicted molar refractivity (Wildman–Crippen MR) is 64.2 cm³/mol. The molecule has 6 nitrogen and oxygen atoms in total. The number of aliphatic hydroxyl groups excluding tert-OH is 1. The van der Waals surface area contributed by atoms with Crippen molar-refractivity contribution in [3.63, 3.8) is 0 Å². The first-order chi connectivity index (χ1) is 8.08. The maximum absolute atomic E-state index is 10.6. The molecule has 17 heavy (non-hydrogen) atoms. The van der Waals surface area contributed by atoms with Gasteiger partial charge in [-0.1, -0.05) is 0 Å². The molecule has 0 spiro atoms. The SMILES string of the molecule is COCC(CO)Nc1ccc([N+](=O)[O-])c(C)c1. The minimum atomic E-state index is -0.419. The van der Waals surface area contributed by atoms with Crippen molar-refractivity contribution in [3.8, 4) is 0 Å². The van der Waals surface area contributed by atoms with E-state index in [1.807, 2.05) is 0 Å². The summed E-state index contributed by atoms with van der Waals surface area (Å²) in [6.07, 6.45) is 0. The zero-order valence-electron chi connectivity index (χ0n) is 9.84. The third kappa shape index (κ3) is 3.69. The van der Waals surface area contributed by atoms with E-state index >= 15 is 0 Å². The van der Waals surface area contributed by atoms with Gasteiger partial charge in [0, 0.05) is 24.4 Å². The summed E-state index contributed by atoms with van der Waals surface area (Å²) in [5, 5.41) is 22.8. The van der Waals surface area contributed by atoms with Gasteiger partial charge in [0.15, 0.2) is 0 Å². The molecule has 0 aliphatic rings. The summed E-state index contributed by atoms with van der Waals surface area (Å²) in [5.74, 6) is 0. The fourth-order valence-corrected chi connectivity index (χ4v) is 1.53. The van der Waals surface area contributed by atoms with Crippen molar-refractivity contribution >= 4 is 11.4 Å². The average Bonchev–Trinajstić information content (AvgIpc) is 2.28. The van der Waals surface area contributed by atoms with Crippen molar-refractivity contribution in [1.82, 2.24) is 0 Å². The molecule has 2 N–H and O–H groups in total. The Kier molecular flexibility index (Phi) is 4.86. The molecule has 0 saturated heterocycles. The molecule has 0 amide bonds. The summed E-state index contributed by atoms with van der Waals surface area (Å²) in [6, 6.07) is 4.51. The molecule has 0 saturated carbocycles. The van der Waals surface area contributed by atoms with Gasteiger partial charge >= 0.3 is 0 Å². The Morgan fingerprint density at radius 2 is 2.29 bits per heavy atom. The average molecular weight is 240 g/mol. The van der Waals surface area contributed by atoms with E-state index in [0.717, 1.165) is 5.69 Å². The fourth-order valence-electron chi connectivity index (χ4n) is 1.53. The number of anilines is 1. The van der Waals surface area contributed by atoms with Crippen LogP contribution < -0.4 is 5.32 Å². The lowest BCUT2D eigenvalue weighted by Gasteiger charge is -2.16. The van der Waals surface area contributed by atoms with E-state index in [4.69, 9.17) is 9.84 Å². The minimum Gasteiger partial charge on any atom is -0.394 e. The normalized spacial score (nSPS) is 12.2. The molecule has 1 aromatic carbocycles. The molecule has 0 aliphatic heterocycles. The first-order valence-corrected chi connectivity index (χ1v) is 5.20. The molecule has 0 fully saturated rings. The van der Waals surface area contributed by atoms with Gasteiger partial charge in [-0.2, -0.15) is 0 Å². The highest BCUT2D eigenvalue weighted by atomic mass is 16.6. The van der Waals surface area contributed by atoms with E-state index < -0.39 is 4.92 Å². The summed E-state index contributed by atoms with van der Waals surface area (Å²) in [4.78, 5) is 10.2. The number of hydrogen-bond acceptors (Lipinski definition) is 5. The minimum absolute atomic E-state index is 0.0656. The number of nitrogens with zero attached hydrogens (tertiary/aromatic N) is 1. The van der Waals surface area contributed by atoms with Gasteiger partial charge in [-0.05, 0) is 19.1 Å². The van der Waals surface area contributed by atoms with Crippen LogP contribution in [-0.2, 0) is 4.74 Å². The number of rotatable bonds is 6. The summed E-state index contributed by atoms with van der Waals surface area (Å²) >= 11 is 0. The zero-order valence-corrected chi connectivity index (χ0v) is 9.84. The van der Waals surface area contributed by atoms with Gasteiger partial charge in [-0.3, -0.25) is 10.1 Å². The number of methoxy groups -OCH3 is 1. The monoisotopic (exact) mass is 240 g/mol. The van der Waals surface area contributed by atoms with Crippen LogP contribution in [-0.4, -0.2) is 36.4 Å². The number of nitrogens with one attached hydrogen (secondary N) is 1. The van der Waals surface area contributed by atoms with E-state index in [1.165, 1.54) is 6.07 Å². The van der Waals surface area contributed by atoms with E-state index in [0.29, 0.717) is 12.2 Å². The largest absolute Gasteiger partial charge is 0.394 e. The number of aliphatic hydroxyl groups is 1. The summed E-state index contributed by atoms with van der Waals surface area (Å²) in [7, 11) is 1.55. The molecule has 0 heterocycles. The van der Waals surface area contributed by atoms with Crippen LogP contribution in [0.15, 0.2) is 18.2 Å². The van der Waals surface area contributed by atoms with Crippen molar-refractivity contribution in [2.24, 2.45) is 0 Å². The van der Waals surface area contributed by atoms with Crippen LogP contribution in [0, 0.1) is 17.0 Å². The van der Waals surface area contributed by atoms with Gasteiger partial charge < -0.3 is 15.2 Å². The molecule has 0 aliphatic carbocycles. The Bertz CT molecular complexity index is 395. The first kappa shape index (κ1) is 13.4. The van der Waals surface area contributed by atoms with Gasteiger partial charge in [0.05, 0.1) is 24.2 Å². The van der Waals surface area contributed by atoms with Crippen molar-refractivity contribution in [2.45, 2.75) is 13.0 Å². The predicted octanol–water partition coefficient (Wildman–Crippen LogP) is 1.32. The van der Waals surface area contributed by atoms with Crippen LogP contribution in [0.5, 0.6) is 0 Å². The second kappa shape index (κ2) is 6.17. The molecule has 94 valence electrons. The number of ether oxygens (including phenoxy) is 1. The second-order valence-corrected chi connectivity index (χ2v) is 3.74. The number of aryl methyl sites for hydroxylation is 1. The number of nitro benzene ring substituents is 1. The Balaban J connectivity index is 2.79. The lowest BCUT2D eigenvalue weighted by molar-refractivity contribution is -0.385. The highest BCUT2D eigenvalue weighted by Crippen LogP contribution is 2.21. The first-order valence-electron chi connectivity index (χ1n) is 5.20. The number of hydrogen-bond donors (Lipinski definition) is 2. The molecule has 0 aromatic heterocycles. The molecule has 1 unspecified atom stereocenters. The highest BCUT2D eigenvalue weighted by molar-refractivity contribution is 5.54. The summed E-state index contributed by atoms with van der Waals surface area (Å²) in [5.41, 5.74) is 1.39. The van der Waals surface area contributed by atoms with Crippen LogP contribution in [0.4, 0.5) is 11.4 Å². The maximum atomic E-state index is 10.6. The second-order valence-electron chi connectivity index (χ2n) is 3.74. The molecule has 1 atom stereocenters. The summed E-state index contributed by atoms with van der Waals surface area (Å²) < 4.78 is 4.93. The van der Waals surface area contributed by atoms with Crippen LogP contribution in [0.2, 0.25) is 0 Å². The lowest BCUT2D eigenvalue weighted by atomic mass is 10.1. The molecule has 1 rings (SSSR count). The van der Waals surface area contributed by atoms with Gasteiger partial charge in [-0.15, -0.1) is 0 Å². The number of nitro groups is 1. The van der Waals surface area contributed by atoms with E-state index in [1.54, 1.807) is 26.2 Å². The lowest BCUT2D eigenvalue weighted by Crippen LogP contribution is -2.28. The van der Waals surface area contributed by atoms with Crippen molar-refractivity contribution in [2.75, 3.05) is 25.6 Å². The summed E-state index contributed by atoms with van der Waals surface area (Å²) in [6.45, 7) is 1.98. The molecular weight excluding hydrogens is 224 g/mol. The molecule has 1 aromatic rings. The van der Waals surface area contributed by atoms with Crippen molar-refractivity contribution in [1.29, 1.82) is 0 Å². The van der Waals surface area contributed by atoms with Crippen LogP contribution >= 0.6 is 0 Å². The smallest absolute Gasteiger partial charge is 0.272 e. The van der Waals surface area contributed by atoms with E-state index in [-0.39, 0.29) is 18.3 Å². The standard InChI is InChI=1S/C11H16N2O4/c1-8-5-9(3-4-11(8)13(15)16)12-10(6-14)7-17-2/h3-5,10,12,14H,6-7H2,1-2H3. The van der Waals surface area contributed by atoms with Crippen LogP contribution in [0.25, 0.3) is 0 Å². The maximum Gasteiger partial charge on any atom is 0.272 e.